The van der Waals surface area contributed by atoms with Gasteiger partial charge in [-0.3, -0.25) is 0 Å². The molecule has 9 nitrogen and oxygen atoms in total. The minimum absolute atomic E-state index is 0.489. The lowest BCUT2D eigenvalue weighted by atomic mass is 10.1. The van der Waals surface area contributed by atoms with Crippen LogP contribution in [0, 0.1) is 13.8 Å². The molecule has 2 saturated heterocycles. The van der Waals surface area contributed by atoms with Gasteiger partial charge in [0.25, 0.3) is 0 Å². The molecule has 0 spiro atoms. The Balaban J connectivity index is 1.19. The average molecular weight is 553 g/mol. The predicted octanol–water partition coefficient (Wildman–Crippen LogP) is 5.95. The van der Waals surface area contributed by atoms with E-state index in [-0.39, 0.29) is 0 Å². The molecule has 2 aromatic heterocycles. The quantitative estimate of drug-likeness (QED) is 0.203. The summed E-state index contributed by atoms with van der Waals surface area (Å²) in [6.07, 6.45) is 11.2. The fourth-order valence-corrected chi connectivity index (χ4v) is 5.81. The highest BCUT2D eigenvalue weighted by Gasteiger charge is 2.20. The van der Waals surface area contributed by atoms with Gasteiger partial charge in [0, 0.05) is 48.8 Å². The minimum atomic E-state index is 0.489. The van der Waals surface area contributed by atoms with Gasteiger partial charge in [-0.25, -0.2) is 5.43 Å². The van der Waals surface area contributed by atoms with Gasteiger partial charge in [-0.05, 0) is 70.1 Å². The van der Waals surface area contributed by atoms with Gasteiger partial charge in [0.2, 0.25) is 17.8 Å². The third-order valence-electron chi connectivity index (χ3n) is 8.00. The molecule has 0 atom stereocenters. The first kappa shape index (κ1) is 27.1. The van der Waals surface area contributed by atoms with Gasteiger partial charge < -0.3 is 19.1 Å². The van der Waals surface area contributed by atoms with Crippen LogP contribution < -0.4 is 20.0 Å². The summed E-state index contributed by atoms with van der Waals surface area (Å²) in [6, 6.07) is 14.7. The van der Waals surface area contributed by atoms with Crippen molar-refractivity contribution in [3.8, 4) is 5.75 Å². The maximum atomic E-state index is 6.12. The second kappa shape index (κ2) is 12.6. The van der Waals surface area contributed by atoms with Crippen LogP contribution in [0.1, 0.15) is 55.2 Å². The standard InChI is InChI=1S/C32H40N8O/c1-24-13-14-29(25(2)21-24)41-20-19-40-23-26(27-11-5-6-12-28(27)40)22-33-37-30-34-31(38-15-7-3-8-16-38)36-32(35-30)39-17-9-4-10-18-39/h5-6,11-14,21-23H,3-4,7-10,15-20H2,1-2H3,(H,34,35,36,37). The van der Waals surface area contributed by atoms with E-state index >= 15 is 0 Å². The fraction of sp³-hybridized carbons (Fsp3) is 0.438. The summed E-state index contributed by atoms with van der Waals surface area (Å²) in [5.74, 6) is 2.92. The molecule has 0 aliphatic carbocycles. The Kier molecular flexibility index (Phi) is 8.30. The van der Waals surface area contributed by atoms with E-state index in [2.05, 4.69) is 87.4 Å². The maximum Gasteiger partial charge on any atom is 0.250 e. The molecule has 2 fully saturated rings. The van der Waals surface area contributed by atoms with Crippen molar-refractivity contribution in [2.45, 2.75) is 58.9 Å². The van der Waals surface area contributed by atoms with Crippen molar-refractivity contribution >= 4 is 35.0 Å². The van der Waals surface area contributed by atoms with Crippen molar-refractivity contribution in [1.29, 1.82) is 0 Å². The Morgan fingerprint density at radius 2 is 1.54 bits per heavy atom. The van der Waals surface area contributed by atoms with Crippen molar-refractivity contribution in [3.05, 3.63) is 65.4 Å². The van der Waals surface area contributed by atoms with Crippen LogP contribution in [-0.2, 0) is 6.54 Å². The Morgan fingerprint density at radius 1 is 0.854 bits per heavy atom. The summed E-state index contributed by atoms with van der Waals surface area (Å²) in [5.41, 5.74) is 7.70. The van der Waals surface area contributed by atoms with Crippen LogP contribution in [0.15, 0.2) is 53.8 Å². The summed E-state index contributed by atoms with van der Waals surface area (Å²) in [4.78, 5) is 19.0. The molecule has 4 aromatic rings. The third kappa shape index (κ3) is 6.45. The summed E-state index contributed by atoms with van der Waals surface area (Å²) in [6.45, 7) is 9.45. The Labute approximate surface area is 242 Å². The number of hydrogen-bond acceptors (Lipinski definition) is 8. The molecule has 1 N–H and O–H groups in total. The topological polar surface area (TPSA) is 83.7 Å². The number of fused-ring (bicyclic) bond motifs is 1. The summed E-state index contributed by atoms with van der Waals surface area (Å²) in [7, 11) is 0. The molecule has 41 heavy (non-hydrogen) atoms. The van der Waals surface area contributed by atoms with Gasteiger partial charge in [-0.1, -0.05) is 35.9 Å². The summed E-state index contributed by atoms with van der Waals surface area (Å²) < 4.78 is 8.35. The molecule has 2 aliphatic heterocycles. The zero-order chi connectivity index (χ0) is 28.0. The number of para-hydroxylation sites is 1. The number of aromatic nitrogens is 4. The van der Waals surface area contributed by atoms with Crippen LogP contribution in [0.2, 0.25) is 0 Å². The average Bonchev–Trinajstić information content (AvgIpc) is 3.36. The molecule has 6 rings (SSSR count). The summed E-state index contributed by atoms with van der Waals surface area (Å²) >= 11 is 0. The highest BCUT2D eigenvalue weighted by Crippen LogP contribution is 2.24. The van der Waals surface area contributed by atoms with Crippen LogP contribution in [-0.4, -0.2) is 58.5 Å². The lowest BCUT2D eigenvalue weighted by Crippen LogP contribution is -2.34. The lowest BCUT2D eigenvalue weighted by molar-refractivity contribution is 0.298. The molecule has 0 radical (unpaired) electrons. The lowest BCUT2D eigenvalue weighted by Gasteiger charge is -2.30. The number of rotatable bonds is 9. The molecule has 0 unspecified atom stereocenters. The number of benzene rings is 2. The molecule has 214 valence electrons. The Hall–Kier alpha value is -4.14. The monoisotopic (exact) mass is 552 g/mol. The minimum Gasteiger partial charge on any atom is -0.491 e. The van der Waals surface area contributed by atoms with Gasteiger partial charge in [0.15, 0.2) is 0 Å². The predicted molar refractivity (Wildman–Crippen MR) is 167 cm³/mol. The van der Waals surface area contributed by atoms with E-state index in [0.717, 1.165) is 72.4 Å². The third-order valence-corrected chi connectivity index (χ3v) is 8.00. The number of ether oxygens (including phenoxy) is 1. The first-order valence-corrected chi connectivity index (χ1v) is 15.0. The van der Waals surface area contributed by atoms with Gasteiger partial charge >= 0.3 is 0 Å². The van der Waals surface area contributed by atoms with E-state index in [1.54, 1.807) is 0 Å². The first-order chi connectivity index (χ1) is 20.1. The highest BCUT2D eigenvalue weighted by molar-refractivity contribution is 5.99. The van der Waals surface area contributed by atoms with E-state index in [4.69, 9.17) is 19.7 Å². The number of hydrogen-bond donors (Lipinski definition) is 1. The second-order valence-electron chi connectivity index (χ2n) is 11.1. The van der Waals surface area contributed by atoms with Gasteiger partial charge in [0.05, 0.1) is 12.8 Å². The Morgan fingerprint density at radius 3 is 2.22 bits per heavy atom. The Bertz CT molecular complexity index is 1460. The van der Waals surface area contributed by atoms with Gasteiger partial charge in [0.1, 0.15) is 12.4 Å². The van der Waals surface area contributed by atoms with Crippen LogP contribution in [0.5, 0.6) is 5.75 Å². The fourth-order valence-electron chi connectivity index (χ4n) is 5.81. The smallest absolute Gasteiger partial charge is 0.250 e. The van der Waals surface area contributed by atoms with E-state index in [1.807, 2.05) is 6.21 Å². The number of aryl methyl sites for hydroxylation is 2. The maximum absolute atomic E-state index is 6.12. The van der Waals surface area contributed by atoms with Crippen LogP contribution in [0.3, 0.4) is 0 Å². The highest BCUT2D eigenvalue weighted by atomic mass is 16.5. The van der Waals surface area contributed by atoms with Crippen molar-refractivity contribution in [1.82, 2.24) is 19.5 Å². The zero-order valence-corrected chi connectivity index (χ0v) is 24.2. The molecule has 0 bridgehead atoms. The molecular formula is C32H40N8O. The van der Waals surface area contributed by atoms with E-state index in [0.29, 0.717) is 12.6 Å². The van der Waals surface area contributed by atoms with Crippen molar-refractivity contribution in [3.63, 3.8) is 0 Å². The number of nitrogens with zero attached hydrogens (tertiary/aromatic N) is 7. The molecular weight excluding hydrogens is 512 g/mol. The normalized spacial score (nSPS) is 16.0. The number of nitrogens with one attached hydrogen (secondary N) is 1. The van der Waals surface area contributed by atoms with Crippen molar-refractivity contribution in [2.75, 3.05) is 48.0 Å². The molecule has 2 aromatic carbocycles. The largest absolute Gasteiger partial charge is 0.491 e. The van der Waals surface area contributed by atoms with Crippen LogP contribution >= 0.6 is 0 Å². The number of hydrazone groups is 1. The van der Waals surface area contributed by atoms with Crippen molar-refractivity contribution in [2.24, 2.45) is 5.10 Å². The molecule has 9 heteroatoms. The SMILES string of the molecule is Cc1ccc(OCCn2cc(C=NNc3nc(N4CCCCC4)nc(N4CCCCC4)n3)c3ccccc32)c(C)c1. The van der Waals surface area contributed by atoms with Crippen molar-refractivity contribution < 1.29 is 4.74 Å². The van der Waals surface area contributed by atoms with Crippen LogP contribution in [0.25, 0.3) is 10.9 Å². The summed E-state index contributed by atoms with van der Waals surface area (Å²) in [5, 5.41) is 5.73. The van der Waals surface area contributed by atoms with Crippen LogP contribution in [0.4, 0.5) is 17.8 Å². The number of anilines is 3. The zero-order valence-electron chi connectivity index (χ0n) is 24.2. The number of piperidine rings is 2. The first-order valence-electron chi connectivity index (χ1n) is 15.0. The molecule has 4 heterocycles. The molecule has 2 aliphatic rings. The van der Waals surface area contributed by atoms with Gasteiger partial charge in [-0.2, -0.15) is 20.1 Å². The van der Waals surface area contributed by atoms with E-state index in [1.165, 1.54) is 44.1 Å². The van der Waals surface area contributed by atoms with Gasteiger partial charge in [-0.15, -0.1) is 0 Å². The van der Waals surface area contributed by atoms with E-state index in [9.17, 15) is 0 Å². The van der Waals surface area contributed by atoms with E-state index < -0.39 is 0 Å². The molecule has 0 amide bonds. The molecule has 0 saturated carbocycles. The second-order valence-corrected chi connectivity index (χ2v) is 11.1.